The van der Waals surface area contributed by atoms with Gasteiger partial charge in [0.05, 0.1) is 0 Å². The molecular formula is C11H9BrF3NO2. The Bertz CT molecular complexity index is 447. The van der Waals surface area contributed by atoms with Gasteiger partial charge in [-0.3, -0.25) is 4.79 Å². The summed E-state index contributed by atoms with van der Waals surface area (Å²) in [5.74, 6) is -0.352. The molecule has 0 aliphatic carbocycles. The number of halogens is 4. The van der Waals surface area contributed by atoms with Crippen molar-refractivity contribution in [1.82, 2.24) is 0 Å². The minimum absolute atomic E-state index is 0.0543. The summed E-state index contributed by atoms with van der Waals surface area (Å²) in [5, 5.41) is 0. The molecule has 0 spiro atoms. The third-order valence-corrected chi connectivity index (χ3v) is 3.07. The van der Waals surface area contributed by atoms with Crippen molar-refractivity contribution in [2.45, 2.75) is 17.6 Å². The molecule has 2 rings (SSSR count). The minimum Gasteiger partial charge on any atom is -0.406 e. The number of hydrogen-bond acceptors (Lipinski definition) is 2. The first kappa shape index (κ1) is 13.2. The average Bonchev–Trinajstić information content (AvgIpc) is 2.57. The summed E-state index contributed by atoms with van der Waals surface area (Å²) in [4.78, 5) is 13.2. The number of carbonyl (C=O) groups excluding carboxylic acids is 1. The maximum Gasteiger partial charge on any atom is 0.573 e. The van der Waals surface area contributed by atoms with Crippen LogP contribution in [0.25, 0.3) is 0 Å². The number of benzene rings is 1. The first-order valence-corrected chi connectivity index (χ1v) is 6.07. The first-order chi connectivity index (χ1) is 8.35. The van der Waals surface area contributed by atoms with Crippen LogP contribution in [0.5, 0.6) is 5.75 Å². The van der Waals surface area contributed by atoms with Crippen LogP contribution in [0.1, 0.15) is 6.42 Å². The fourth-order valence-corrected chi connectivity index (χ4v) is 2.31. The van der Waals surface area contributed by atoms with Crippen molar-refractivity contribution in [1.29, 1.82) is 0 Å². The molecule has 7 heteroatoms. The molecule has 1 saturated heterocycles. The largest absolute Gasteiger partial charge is 0.573 e. The number of nitrogens with zero attached hydrogens (tertiary/aromatic N) is 1. The summed E-state index contributed by atoms with van der Waals surface area (Å²) in [6.07, 6.45) is -4.31. The van der Waals surface area contributed by atoms with E-state index in [0.29, 0.717) is 18.7 Å². The smallest absolute Gasteiger partial charge is 0.406 e. The third-order valence-electron chi connectivity index (χ3n) is 2.46. The molecule has 0 aromatic heterocycles. The second-order valence-electron chi connectivity index (χ2n) is 3.85. The van der Waals surface area contributed by atoms with Gasteiger partial charge in [-0.05, 0) is 24.3 Å². The molecule has 3 nitrogen and oxygen atoms in total. The van der Waals surface area contributed by atoms with E-state index in [1.165, 1.54) is 29.2 Å². The summed E-state index contributed by atoms with van der Waals surface area (Å²) in [6.45, 7) is 0.512. The molecule has 1 aliphatic heterocycles. The monoisotopic (exact) mass is 323 g/mol. The third kappa shape index (κ3) is 3.16. The number of amides is 1. The van der Waals surface area contributed by atoms with Crippen molar-refractivity contribution in [2.24, 2.45) is 0 Å². The summed E-state index contributed by atoms with van der Waals surface area (Å²) in [6, 6.07) is 5.25. The molecule has 1 unspecified atom stereocenters. The van der Waals surface area contributed by atoms with E-state index in [2.05, 4.69) is 20.7 Å². The van der Waals surface area contributed by atoms with E-state index in [4.69, 9.17) is 0 Å². The van der Waals surface area contributed by atoms with E-state index in [-0.39, 0.29) is 16.5 Å². The zero-order valence-corrected chi connectivity index (χ0v) is 10.7. The SMILES string of the molecule is O=C1CC(Br)CN1c1ccc(OC(F)(F)F)cc1. The van der Waals surface area contributed by atoms with Gasteiger partial charge in [0.15, 0.2) is 0 Å². The maximum atomic E-state index is 12.0. The highest BCUT2D eigenvalue weighted by Crippen LogP contribution is 2.28. The molecule has 0 radical (unpaired) electrons. The van der Waals surface area contributed by atoms with Crippen LogP contribution in [-0.2, 0) is 4.79 Å². The van der Waals surface area contributed by atoms with Crippen molar-refractivity contribution in [3.8, 4) is 5.75 Å². The predicted octanol–water partition coefficient (Wildman–Crippen LogP) is 3.09. The van der Waals surface area contributed by atoms with E-state index < -0.39 is 6.36 Å². The Morgan fingerprint density at radius 2 is 1.89 bits per heavy atom. The normalized spacial score (nSPS) is 20.3. The lowest BCUT2D eigenvalue weighted by Gasteiger charge is -2.16. The van der Waals surface area contributed by atoms with Crippen molar-refractivity contribution in [3.05, 3.63) is 24.3 Å². The number of carbonyl (C=O) groups is 1. The van der Waals surface area contributed by atoms with Crippen LogP contribution in [-0.4, -0.2) is 23.6 Å². The van der Waals surface area contributed by atoms with Crippen LogP contribution in [0.15, 0.2) is 24.3 Å². The average molecular weight is 324 g/mol. The van der Waals surface area contributed by atoms with Crippen molar-refractivity contribution < 1.29 is 22.7 Å². The van der Waals surface area contributed by atoms with Gasteiger partial charge in [-0.2, -0.15) is 0 Å². The summed E-state index contributed by atoms with van der Waals surface area (Å²) >= 11 is 3.33. The number of anilines is 1. The zero-order valence-electron chi connectivity index (χ0n) is 9.08. The van der Waals surface area contributed by atoms with Crippen LogP contribution in [0.3, 0.4) is 0 Å². The predicted molar refractivity (Wildman–Crippen MR) is 62.8 cm³/mol. The van der Waals surface area contributed by atoms with E-state index >= 15 is 0 Å². The lowest BCUT2D eigenvalue weighted by atomic mass is 10.3. The molecule has 1 aliphatic rings. The number of alkyl halides is 4. The standard InChI is InChI=1S/C11H9BrF3NO2/c12-7-5-10(17)16(6-7)8-1-3-9(4-2-8)18-11(13,14)15/h1-4,7H,5-6H2. The molecule has 1 atom stereocenters. The van der Waals surface area contributed by atoms with Gasteiger partial charge in [-0.1, -0.05) is 15.9 Å². The van der Waals surface area contributed by atoms with E-state index in [0.717, 1.165) is 0 Å². The Morgan fingerprint density at radius 3 is 2.33 bits per heavy atom. The van der Waals surface area contributed by atoms with Gasteiger partial charge in [0.2, 0.25) is 5.91 Å². The van der Waals surface area contributed by atoms with Crippen LogP contribution in [0.4, 0.5) is 18.9 Å². The number of rotatable bonds is 2. The van der Waals surface area contributed by atoms with Crippen molar-refractivity contribution >= 4 is 27.5 Å². The molecule has 1 aromatic carbocycles. The summed E-state index contributed by atoms with van der Waals surface area (Å²) in [5.41, 5.74) is 0.566. The highest BCUT2D eigenvalue weighted by Gasteiger charge is 2.32. The molecule has 0 N–H and O–H groups in total. The molecule has 0 bridgehead atoms. The molecule has 1 fully saturated rings. The Kier molecular flexibility index (Phi) is 3.52. The Balaban J connectivity index is 2.11. The quantitative estimate of drug-likeness (QED) is 0.783. The van der Waals surface area contributed by atoms with Crippen LogP contribution < -0.4 is 9.64 Å². The van der Waals surface area contributed by atoms with Crippen LogP contribution >= 0.6 is 15.9 Å². The van der Waals surface area contributed by atoms with Crippen molar-refractivity contribution in [3.63, 3.8) is 0 Å². The second kappa shape index (κ2) is 4.79. The molecular weight excluding hydrogens is 315 g/mol. The van der Waals surface area contributed by atoms with Gasteiger partial charge in [-0.25, -0.2) is 0 Å². The second-order valence-corrected chi connectivity index (χ2v) is 5.14. The van der Waals surface area contributed by atoms with Gasteiger partial charge in [-0.15, -0.1) is 13.2 Å². The first-order valence-electron chi connectivity index (χ1n) is 5.15. The fourth-order valence-electron chi connectivity index (χ4n) is 1.74. The van der Waals surface area contributed by atoms with Gasteiger partial charge < -0.3 is 9.64 Å². The zero-order chi connectivity index (χ0) is 13.3. The van der Waals surface area contributed by atoms with Crippen LogP contribution in [0, 0.1) is 0 Å². The molecule has 1 amide bonds. The van der Waals surface area contributed by atoms with Crippen LogP contribution in [0.2, 0.25) is 0 Å². The van der Waals surface area contributed by atoms with Gasteiger partial charge in [0.25, 0.3) is 0 Å². The molecule has 18 heavy (non-hydrogen) atoms. The Morgan fingerprint density at radius 1 is 1.28 bits per heavy atom. The maximum absolute atomic E-state index is 12.0. The molecule has 1 heterocycles. The van der Waals surface area contributed by atoms with E-state index in [1.54, 1.807) is 0 Å². The topological polar surface area (TPSA) is 29.5 Å². The highest BCUT2D eigenvalue weighted by molar-refractivity contribution is 9.09. The molecule has 98 valence electrons. The summed E-state index contributed by atoms with van der Waals surface area (Å²) in [7, 11) is 0. The number of hydrogen-bond donors (Lipinski definition) is 0. The van der Waals surface area contributed by atoms with Gasteiger partial charge in [0, 0.05) is 23.5 Å². The van der Waals surface area contributed by atoms with Gasteiger partial charge >= 0.3 is 6.36 Å². The number of ether oxygens (including phenoxy) is 1. The molecule has 0 saturated carbocycles. The molecule has 1 aromatic rings. The Hall–Kier alpha value is -1.24. The lowest BCUT2D eigenvalue weighted by molar-refractivity contribution is -0.274. The lowest BCUT2D eigenvalue weighted by Crippen LogP contribution is -2.24. The minimum atomic E-state index is -4.70. The van der Waals surface area contributed by atoms with E-state index in [9.17, 15) is 18.0 Å². The van der Waals surface area contributed by atoms with Crippen molar-refractivity contribution in [2.75, 3.05) is 11.4 Å². The summed E-state index contributed by atoms with van der Waals surface area (Å²) < 4.78 is 39.6. The Labute approximate surface area is 110 Å². The van der Waals surface area contributed by atoms with Gasteiger partial charge in [0.1, 0.15) is 5.75 Å². The van der Waals surface area contributed by atoms with E-state index in [1.807, 2.05) is 0 Å². The fraction of sp³-hybridized carbons (Fsp3) is 0.364. The highest BCUT2D eigenvalue weighted by atomic mass is 79.9.